The third kappa shape index (κ3) is 3.25. The Kier molecular flexibility index (Phi) is 4.76. The van der Waals surface area contributed by atoms with Crippen molar-refractivity contribution in [2.75, 3.05) is 0 Å². The van der Waals surface area contributed by atoms with E-state index in [0.717, 1.165) is 22.3 Å². The quantitative estimate of drug-likeness (QED) is 0.344. The van der Waals surface area contributed by atoms with E-state index in [1.165, 1.54) is 15.9 Å². The summed E-state index contributed by atoms with van der Waals surface area (Å²) in [5, 5.41) is 14.4. The van der Waals surface area contributed by atoms with Gasteiger partial charge in [0.1, 0.15) is 21.6 Å². The highest BCUT2D eigenvalue weighted by Crippen LogP contribution is 2.32. The zero-order valence-corrected chi connectivity index (χ0v) is 17.0. The number of halogens is 1. The summed E-state index contributed by atoms with van der Waals surface area (Å²) in [5.74, 6) is 0.618. The molecule has 0 N–H and O–H groups in total. The lowest BCUT2D eigenvalue weighted by Crippen LogP contribution is -2.31. The second-order valence-corrected chi connectivity index (χ2v) is 8.53. The van der Waals surface area contributed by atoms with Gasteiger partial charge in [-0.25, -0.2) is 14.3 Å². The standard InChI is InChI=1S/C17H20BrN3O3S/c1-5-6-7-11-19-12-13(20(11)16(22)24-17(2,3)4)15(18)21(23)10-8-9-25-14(10)12/h8-9H,5-7H2,1-4H3. The van der Waals surface area contributed by atoms with Gasteiger partial charge in [-0.05, 0) is 32.6 Å². The minimum absolute atomic E-state index is 0.273. The number of imidazole rings is 1. The second-order valence-electron chi connectivity index (χ2n) is 6.86. The van der Waals surface area contributed by atoms with Crippen LogP contribution in [0.15, 0.2) is 16.0 Å². The van der Waals surface area contributed by atoms with Crippen LogP contribution in [0.1, 0.15) is 46.4 Å². The number of pyridine rings is 1. The van der Waals surface area contributed by atoms with Crippen molar-refractivity contribution in [2.45, 2.75) is 52.6 Å². The van der Waals surface area contributed by atoms with Crippen molar-refractivity contribution in [1.82, 2.24) is 9.55 Å². The van der Waals surface area contributed by atoms with E-state index in [0.29, 0.717) is 28.8 Å². The molecule has 0 atom stereocenters. The third-order valence-electron chi connectivity index (χ3n) is 3.73. The molecule has 6 nitrogen and oxygen atoms in total. The number of rotatable bonds is 3. The Morgan fingerprint density at radius 2 is 2.20 bits per heavy atom. The van der Waals surface area contributed by atoms with E-state index in [2.05, 4.69) is 22.9 Å². The minimum Gasteiger partial charge on any atom is -0.617 e. The second kappa shape index (κ2) is 6.57. The molecule has 0 aliphatic heterocycles. The normalized spacial score (nSPS) is 12.2. The molecular weight excluding hydrogens is 406 g/mol. The first kappa shape index (κ1) is 18.1. The molecule has 0 aliphatic rings. The van der Waals surface area contributed by atoms with Crippen LogP contribution in [0.3, 0.4) is 0 Å². The first-order valence-corrected chi connectivity index (χ1v) is 9.84. The van der Waals surface area contributed by atoms with E-state index in [1.807, 2.05) is 26.2 Å². The number of fused-ring (bicyclic) bond motifs is 3. The molecule has 0 spiro atoms. The highest BCUT2D eigenvalue weighted by atomic mass is 79.9. The lowest BCUT2D eigenvalue weighted by molar-refractivity contribution is -0.587. The summed E-state index contributed by atoms with van der Waals surface area (Å²) in [7, 11) is 0. The number of ether oxygens (including phenoxy) is 1. The summed E-state index contributed by atoms with van der Waals surface area (Å²) in [4.78, 5) is 17.5. The van der Waals surface area contributed by atoms with Crippen LogP contribution in [0.4, 0.5) is 4.79 Å². The van der Waals surface area contributed by atoms with E-state index in [9.17, 15) is 10.0 Å². The average Bonchev–Trinajstić information content (AvgIpc) is 3.13. The Balaban J connectivity index is 2.31. The molecule has 0 saturated carbocycles. The Labute approximate surface area is 158 Å². The summed E-state index contributed by atoms with van der Waals surface area (Å²) >= 11 is 4.79. The van der Waals surface area contributed by atoms with Gasteiger partial charge in [0.05, 0.1) is 0 Å². The molecule has 3 aromatic rings. The number of carbonyl (C=O) groups is 1. The summed E-state index contributed by atoms with van der Waals surface area (Å²) in [5.41, 5.74) is 1.02. The molecule has 0 bridgehead atoms. The highest BCUT2D eigenvalue weighted by Gasteiger charge is 2.29. The summed E-state index contributed by atoms with van der Waals surface area (Å²) in [6.07, 6.45) is 2.00. The van der Waals surface area contributed by atoms with Gasteiger partial charge in [-0.3, -0.25) is 0 Å². The van der Waals surface area contributed by atoms with Gasteiger partial charge < -0.3 is 9.94 Å². The molecule has 3 rings (SSSR count). The van der Waals surface area contributed by atoms with Crippen molar-refractivity contribution in [3.63, 3.8) is 0 Å². The van der Waals surface area contributed by atoms with Crippen molar-refractivity contribution < 1.29 is 14.3 Å². The van der Waals surface area contributed by atoms with Gasteiger partial charge in [-0.15, -0.1) is 11.3 Å². The fourth-order valence-electron chi connectivity index (χ4n) is 2.66. The van der Waals surface area contributed by atoms with Gasteiger partial charge in [0.25, 0.3) is 4.60 Å². The van der Waals surface area contributed by atoms with E-state index >= 15 is 0 Å². The minimum atomic E-state index is -0.636. The molecule has 0 aromatic carbocycles. The first-order chi connectivity index (χ1) is 11.7. The summed E-state index contributed by atoms with van der Waals surface area (Å²) < 4.78 is 8.83. The Bertz CT molecular complexity index is 956. The zero-order chi connectivity index (χ0) is 18.4. The number of hydrogen-bond donors (Lipinski definition) is 0. The maximum Gasteiger partial charge on any atom is 0.420 e. The zero-order valence-electron chi connectivity index (χ0n) is 14.6. The summed E-state index contributed by atoms with van der Waals surface area (Å²) in [6, 6.07) is 1.76. The molecule has 0 aliphatic carbocycles. The van der Waals surface area contributed by atoms with E-state index in [1.54, 1.807) is 6.07 Å². The van der Waals surface area contributed by atoms with Gasteiger partial charge in [0.2, 0.25) is 5.52 Å². The van der Waals surface area contributed by atoms with E-state index in [-0.39, 0.29) is 4.60 Å². The number of nitrogens with zero attached hydrogens (tertiary/aromatic N) is 3. The van der Waals surface area contributed by atoms with Crippen LogP contribution >= 0.6 is 27.3 Å². The molecular formula is C17H20BrN3O3S. The monoisotopic (exact) mass is 425 g/mol. The summed E-state index contributed by atoms with van der Waals surface area (Å²) in [6.45, 7) is 7.53. The lowest BCUT2D eigenvalue weighted by atomic mass is 10.2. The van der Waals surface area contributed by atoms with Gasteiger partial charge in [-0.2, -0.15) is 4.73 Å². The van der Waals surface area contributed by atoms with Crippen LogP contribution in [-0.2, 0) is 11.2 Å². The van der Waals surface area contributed by atoms with E-state index < -0.39 is 11.7 Å². The Morgan fingerprint density at radius 3 is 2.84 bits per heavy atom. The van der Waals surface area contributed by atoms with Gasteiger partial charge in [-0.1, -0.05) is 13.3 Å². The van der Waals surface area contributed by atoms with Crippen molar-refractivity contribution in [2.24, 2.45) is 0 Å². The lowest BCUT2D eigenvalue weighted by Gasteiger charge is -2.20. The SMILES string of the molecule is CCCCc1nc2c3sccc3[n+]([O-])c(Br)c2n1C(=O)OC(C)(C)C. The Morgan fingerprint density at radius 1 is 1.48 bits per heavy atom. The van der Waals surface area contributed by atoms with Gasteiger partial charge in [0, 0.05) is 28.4 Å². The molecule has 3 aromatic heterocycles. The molecule has 3 heterocycles. The third-order valence-corrected chi connectivity index (χ3v) is 5.34. The number of aryl methyl sites for hydroxylation is 1. The van der Waals surface area contributed by atoms with Gasteiger partial charge >= 0.3 is 6.09 Å². The molecule has 0 fully saturated rings. The van der Waals surface area contributed by atoms with Crippen molar-refractivity contribution in [1.29, 1.82) is 0 Å². The largest absolute Gasteiger partial charge is 0.617 e. The van der Waals surface area contributed by atoms with Crippen LogP contribution in [0.25, 0.3) is 21.3 Å². The number of aromatic nitrogens is 3. The number of unbranched alkanes of at least 4 members (excludes halogenated alkanes) is 1. The fourth-order valence-corrected chi connectivity index (χ4v) is 4.08. The van der Waals surface area contributed by atoms with Crippen LogP contribution < -0.4 is 4.73 Å². The van der Waals surface area contributed by atoms with Crippen molar-refractivity contribution in [3.8, 4) is 0 Å². The maximum absolute atomic E-state index is 12.8. The number of thiophene rings is 1. The first-order valence-electron chi connectivity index (χ1n) is 8.17. The molecule has 0 amide bonds. The molecule has 8 heteroatoms. The predicted octanol–water partition coefficient (Wildman–Crippen LogP) is 4.77. The van der Waals surface area contributed by atoms with Crippen LogP contribution in [0, 0.1) is 5.21 Å². The van der Waals surface area contributed by atoms with Crippen molar-refractivity contribution in [3.05, 3.63) is 27.1 Å². The molecule has 25 heavy (non-hydrogen) atoms. The van der Waals surface area contributed by atoms with Crippen molar-refractivity contribution >= 4 is 54.6 Å². The molecule has 0 radical (unpaired) electrons. The maximum atomic E-state index is 12.8. The Hall–Kier alpha value is -1.67. The van der Waals surface area contributed by atoms with Crippen LogP contribution in [0.5, 0.6) is 0 Å². The van der Waals surface area contributed by atoms with E-state index in [4.69, 9.17) is 9.72 Å². The predicted molar refractivity (Wildman–Crippen MR) is 102 cm³/mol. The highest BCUT2D eigenvalue weighted by molar-refractivity contribution is 9.10. The number of hydrogen-bond acceptors (Lipinski definition) is 5. The average molecular weight is 426 g/mol. The smallest absolute Gasteiger partial charge is 0.420 e. The number of carbonyl (C=O) groups excluding carboxylic acids is 1. The van der Waals surface area contributed by atoms with Gasteiger partial charge in [0.15, 0.2) is 5.52 Å². The van der Waals surface area contributed by atoms with Crippen LogP contribution in [-0.4, -0.2) is 21.2 Å². The molecule has 0 saturated heterocycles. The van der Waals surface area contributed by atoms with Crippen LogP contribution in [0.2, 0.25) is 0 Å². The molecule has 0 unspecified atom stereocenters. The fraction of sp³-hybridized carbons (Fsp3) is 0.471. The molecule has 134 valence electrons. The topological polar surface area (TPSA) is 71.1 Å².